The minimum Gasteiger partial charge on any atom is -0.399 e. The minimum atomic E-state index is -4.16. The van der Waals surface area contributed by atoms with Gasteiger partial charge in [-0.05, 0) is 60.9 Å². The number of amides is 2. The topological polar surface area (TPSA) is 110 Å². The predicted octanol–water partition coefficient (Wildman–Crippen LogP) is 3.82. The number of nitrogens with two attached hydrogens (primary N) is 1. The second-order valence-electron chi connectivity index (χ2n) is 7.85. The molecule has 34 heavy (non-hydrogen) atoms. The number of nitrogens with zero attached hydrogens (tertiary/aromatic N) is 1. The molecule has 0 radical (unpaired) electrons. The summed E-state index contributed by atoms with van der Waals surface area (Å²) in [6, 6.07) is 19.1. The van der Waals surface area contributed by atoms with Crippen molar-refractivity contribution in [1.82, 2.24) is 9.62 Å². The number of carbonyl (C=O) groups is 2. The number of sulfonamides is 1. The van der Waals surface area contributed by atoms with Gasteiger partial charge in [0.25, 0.3) is 10.0 Å². The maximum atomic E-state index is 13.1. The molecule has 7 nitrogen and oxygen atoms in total. The van der Waals surface area contributed by atoms with Crippen molar-refractivity contribution < 1.29 is 18.0 Å². The van der Waals surface area contributed by atoms with E-state index in [-0.39, 0.29) is 11.3 Å². The van der Waals surface area contributed by atoms with Crippen LogP contribution in [0.15, 0.2) is 77.7 Å². The number of benzene rings is 3. The van der Waals surface area contributed by atoms with Crippen LogP contribution in [0.5, 0.6) is 0 Å². The normalized spacial score (nSPS) is 12.5. The molecule has 0 saturated carbocycles. The van der Waals surface area contributed by atoms with Gasteiger partial charge in [0.05, 0.1) is 4.90 Å². The maximum absolute atomic E-state index is 13.1. The van der Waals surface area contributed by atoms with Crippen LogP contribution < -0.4 is 10.5 Å². The summed E-state index contributed by atoms with van der Waals surface area (Å²) in [6.45, 7) is 4.45. The largest absolute Gasteiger partial charge is 0.399 e. The predicted molar refractivity (Wildman–Crippen MR) is 135 cm³/mol. The van der Waals surface area contributed by atoms with Crippen LogP contribution in [-0.2, 0) is 19.6 Å². The molecule has 0 heterocycles. The average Bonchev–Trinajstić information content (AvgIpc) is 2.83. The minimum absolute atomic E-state index is 0.0361. The Morgan fingerprint density at radius 1 is 0.971 bits per heavy atom. The van der Waals surface area contributed by atoms with E-state index in [1.54, 1.807) is 36.4 Å². The van der Waals surface area contributed by atoms with Gasteiger partial charge in [-0.15, -0.1) is 0 Å². The highest BCUT2D eigenvalue weighted by Crippen LogP contribution is 2.20. The number of anilines is 1. The first-order valence-corrected chi connectivity index (χ1v) is 12.6. The molecule has 3 aromatic rings. The third kappa shape index (κ3) is 6.02. The van der Waals surface area contributed by atoms with E-state index in [0.717, 1.165) is 16.3 Å². The molecule has 0 fully saturated rings. The number of hydrogen-bond acceptors (Lipinski definition) is 5. The van der Waals surface area contributed by atoms with Crippen molar-refractivity contribution in [2.75, 3.05) is 18.8 Å². The number of nitrogens with one attached hydrogen (secondary N) is 1. The summed E-state index contributed by atoms with van der Waals surface area (Å²) in [5.74, 6) is -2.45. The Hall–Kier alpha value is -3.65. The highest BCUT2D eigenvalue weighted by atomic mass is 32.2. The third-order valence-corrected chi connectivity index (χ3v) is 6.92. The molecule has 0 aromatic heterocycles. The quantitative estimate of drug-likeness (QED) is 0.358. The highest BCUT2D eigenvalue weighted by Gasteiger charge is 2.31. The highest BCUT2D eigenvalue weighted by molar-refractivity contribution is 7.90. The molecule has 2 amide bonds. The zero-order valence-electron chi connectivity index (χ0n) is 19.3. The van der Waals surface area contributed by atoms with E-state index >= 15 is 0 Å². The summed E-state index contributed by atoms with van der Waals surface area (Å²) in [4.78, 5) is 27.6. The van der Waals surface area contributed by atoms with Crippen molar-refractivity contribution in [2.24, 2.45) is 5.92 Å². The summed E-state index contributed by atoms with van der Waals surface area (Å²) in [5.41, 5.74) is 7.18. The second kappa shape index (κ2) is 11.0. The monoisotopic (exact) mass is 479 g/mol. The SMILES string of the molecule is CCN(CC)C(=O)C(CC=Cc1ccc(N)cc1)C(=O)NS(=O)(=O)c1ccc2ccccc2c1. The van der Waals surface area contributed by atoms with Gasteiger partial charge in [-0.25, -0.2) is 13.1 Å². The molecule has 0 bridgehead atoms. The number of fused-ring (bicyclic) bond motifs is 1. The Kier molecular flexibility index (Phi) is 8.07. The van der Waals surface area contributed by atoms with E-state index in [4.69, 9.17) is 5.73 Å². The first-order chi connectivity index (χ1) is 16.2. The van der Waals surface area contributed by atoms with Crippen LogP contribution in [0.3, 0.4) is 0 Å². The van der Waals surface area contributed by atoms with E-state index in [9.17, 15) is 18.0 Å². The lowest BCUT2D eigenvalue weighted by molar-refractivity contribution is -0.141. The molecular formula is C26H29N3O4S. The first-order valence-electron chi connectivity index (χ1n) is 11.1. The molecule has 3 N–H and O–H groups in total. The lowest BCUT2D eigenvalue weighted by Crippen LogP contribution is -2.45. The molecule has 0 aliphatic carbocycles. The van der Waals surface area contributed by atoms with Gasteiger partial charge in [0, 0.05) is 18.8 Å². The Morgan fingerprint density at radius 2 is 1.62 bits per heavy atom. The van der Waals surface area contributed by atoms with E-state index in [1.165, 1.54) is 17.0 Å². The zero-order chi connectivity index (χ0) is 24.7. The molecule has 3 aromatic carbocycles. The Labute approximate surface area is 200 Å². The fourth-order valence-corrected chi connectivity index (χ4v) is 4.67. The van der Waals surface area contributed by atoms with Gasteiger partial charge in [-0.3, -0.25) is 9.59 Å². The molecule has 1 unspecified atom stereocenters. The molecule has 8 heteroatoms. The molecule has 0 saturated heterocycles. The molecule has 178 valence electrons. The first kappa shape index (κ1) is 25.0. The number of hydrogen-bond donors (Lipinski definition) is 2. The van der Waals surface area contributed by atoms with Crippen LogP contribution in [0.1, 0.15) is 25.8 Å². The van der Waals surface area contributed by atoms with Gasteiger partial charge in [0.2, 0.25) is 11.8 Å². The fourth-order valence-electron chi connectivity index (χ4n) is 3.62. The van der Waals surface area contributed by atoms with Crippen molar-refractivity contribution in [3.8, 4) is 0 Å². The van der Waals surface area contributed by atoms with Gasteiger partial charge < -0.3 is 10.6 Å². The van der Waals surface area contributed by atoms with Crippen LogP contribution in [-0.4, -0.2) is 38.2 Å². The molecular weight excluding hydrogens is 450 g/mol. The van der Waals surface area contributed by atoms with Gasteiger partial charge in [-0.1, -0.05) is 54.6 Å². The van der Waals surface area contributed by atoms with Gasteiger partial charge >= 0.3 is 0 Å². The molecule has 3 rings (SSSR count). The lowest BCUT2D eigenvalue weighted by Gasteiger charge is -2.24. The third-order valence-electron chi connectivity index (χ3n) is 5.57. The standard InChI is InChI=1S/C26H29N3O4S/c1-3-29(4-2)26(31)24(11-7-8-19-12-15-22(27)16-13-19)25(30)28-34(32,33)23-17-14-20-9-5-6-10-21(20)18-23/h5-10,12-18,24H,3-4,11,27H2,1-2H3,(H,28,30). The zero-order valence-corrected chi connectivity index (χ0v) is 20.1. The van der Waals surface area contributed by atoms with Crippen molar-refractivity contribution in [3.05, 3.63) is 78.4 Å². The van der Waals surface area contributed by atoms with Crippen LogP contribution in [0, 0.1) is 5.92 Å². The van der Waals surface area contributed by atoms with Gasteiger partial charge in [-0.2, -0.15) is 0 Å². The summed E-state index contributed by atoms with van der Waals surface area (Å²) in [6.07, 6.45) is 3.52. The number of carbonyl (C=O) groups excluding carboxylic acids is 2. The van der Waals surface area contributed by atoms with Gasteiger partial charge in [0.1, 0.15) is 5.92 Å². The Balaban J connectivity index is 1.83. The van der Waals surface area contributed by atoms with Crippen LogP contribution in [0.4, 0.5) is 5.69 Å². The van der Waals surface area contributed by atoms with E-state index < -0.39 is 27.8 Å². The van der Waals surface area contributed by atoms with Crippen LogP contribution >= 0.6 is 0 Å². The van der Waals surface area contributed by atoms with Crippen LogP contribution in [0.2, 0.25) is 0 Å². The summed E-state index contributed by atoms with van der Waals surface area (Å²) in [7, 11) is -4.16. The van der Waals surface area contributed by atoms with E-state index in [0.29, 0.717) is 18.8 Å². The number of allylic oxidation sites excluding steroid dienone is 1. The Morgan fingerprint density at radius 3 is 2.26 bits per heavy atom. The summed E-state index contributed by atoms with van der Waals surface area (Å²) < 4.78 is 28.0. The summed E-state index contributed by atoms with van der Waals surface area (Å²) in [5, 5.41) is 1.62. The number of rotatable bonds is 9. The maximum Gasteiger partial charge on any atom is 0.264 e. The fraction of sp³-hybridized carbons (Fsp3) is 0.231. The smallest absolute Gasteiger partial charge is 0.264 e. The Bertz CT molecular complexity index is 1300. The van der Waals surface area contributed by atoms with Gasteiger partial charge in [0.15, 0.2) is 0 Å². The van der Waals surface area contributed by atoms with Crippen molar-refractivity contribution >= 4 is 44.4 Å². The molecule has 0 aliphatic heterocycles. The van der Waals surface area contributed by atoms with Crippen molar-refractivity contribution in [2.45, 2.75) is 25.2 Å². The lowest BCUT2D eigenvalue weighted by atomic mass is 10.0. The van der Waals surface area contributed by atoms with Crippen LogP contribution in [0.25, 0.3) is 16.8 Å². The van der Waals surface area contributed by atoms with Crippen molar-refractivity contribution in [1.29, 1.82) is 0 Å². The molecule has 0 aliphatic rings. The van der Waals surface area contributed by atoms with E-state index in [1.807, 2.05) is 44.2 Å². The molecule has 0 spiro atoms. The number of nitrogen functional groups attached to an aromatic ring is 1. The second-order valence-corrected chi connectivity index (χ2v) is 9.53. The summed E-state index contributed by atoms with van der Waals surface area (Å²) >= 11 is 0. The van der Waals surface area contributed by atoms with E-state index in [2.05, 4.69) is 4.72 Å². The van der Waals surface area contributed by atoms with Crippen molar-refractivity contribution in [3.63, 3.8) is 0 Å². The molecule has 1 atom stereocenters. The average molecular weight is 480 g/mol.